The number of carbonyl (C=O) groups excluding carboxylic acids is 1. The van der Waals surface area contributed by atoms with Gasteiger partial charge in [0.2, 0.25) is 5.90 Å². The third-order valence-electron chi connectivity index (χ3n) is 2.73. The van der Waals surface area contributed by atoms with Crippen molar-refractivity contribution in [3.8, 4) is 0 Å². The molecule has 1 atom stereocenters. The molecule has 0 radical (unpaired) electrons. The second-order valence-electron chi connectivity index (χ2n) is 4.52. The van der Waals surface area contributed by atoms with Gasteiger partial charge in [0, 0.05) is 12.0 Å². The SMILES string of the molecule is C=C(C)C1=N[C@](C)(Cc2ccccc2)C(=O)O1. The van der Waals surface area contributed by atoms with E-state index in [4.69, 9.17) is 4.74 Å². The van der Waals surface area contributed by atoms with Gasteiger partial charge in [-0.2, -0.15) is 0 Å². The maximum atomic E-state index is 11.8. The van der Waals surface area contributed by atoms with Gasteiger partial charge in [-0.25, -0.2) is 9.79 Å². The average molecular weight is 229 g/mol. The molecule has 0 unspecified atom stereocenters. The van der Waals surface area contributed by atoms with E-state index in [9.17, 15) is 4.79 Å². The van der Waals surface area contributed by atoms with Crippen LogP contribution in [0.2, 0.25) is 0 Å². The van der Waals surface area contributed by atoms with Gasteiger partial charge in [-0.1, -0.05) is 36.9 Å². The number of esters is 1. The van der Waals surface area contributed by atoms with E-state index < -0.39 is 5.54 Å². The molecule has 1 aromatic rings. The predicted octanol–water partition coefficient (Wildman–Crippen LogP) is 2.52. The summed E-state index contributed by atoms with van der Waals surface area (Å²) in [5.74, 6) is 0.0489. The topological polar surface area (TPSA) is 38.7 Å². The predicted molar refractivity (Wildman–Crippen MR) is 66.9 cm³/mol. The normalized spacial score (nSPS) is 23.2. The maximum Gasteiger partial charge on any atom is 0.340 e. The number of carbonyl (C=O) groups is 1. The molecule has 0 saturated heterocycles. The highest BCUT2D eigenvalue weighted by molar-refractivity contribution is 6.07. The number of hydrogen-bond donors (Lipinski definition) is 0. The minimum Gasteiger partial charge on any atom is -0.406 e. The zero-order valence-corrected chi connectivity index (χ0v) is 10.1. The monoisotopic (exact) mass is 229 g/mol. The Balaban J connectivity index is 2.25. The van der Waals surface area contributed by atoms with Crippen LogP contribution in [0, 0.1) is 0 Å². The molecule has 0 aromatic heterocycles. The van der Waals surface area contributed by atoms with Crippen molar-refractivity contribution in [3.05, 3.63) is 48.0 Å². The largest absolute Gasteiger partial charge is 0.406 e. The van der Waals surface area contributed by atoms with Gasteiger partial charge < -0.3 is 4.74 Å². The van der Waals surface area contributed by atoms with Crippen LogP contribution in [0.15, 0.2) is 47.5 Å². The van der Waals surface area contributed by atoms with E-state index in [0.29, 0.717) is 17.9 Å². The summed E-state index contributed by atoms with van der Waals surface area (Å²) in [6.45, 7) is 7.30. The molecule has 1 heterocycles. The Hall–Kier alpha value is -1.90. The molecule has 3 heteroatoms. The first-order valence-corrected chi connectivity index (χ1v) is 5.53. The second kappa shape index (κ2) is 4.17. The van der Waals surface area contributed by atoms with Crippen molar-refractivity contribution >= 4 is 11.9 Å². The van der Waals surface area contributed by atoms with Crippen molar-refractivity contribution < 1.29 is 9.53 Å². The van der Waals surface area contributed by atoms with Gasteiger partial charge >= 0.3 is 5.97 Å². The Labute approximate surface area is 101 Å². The van der Waals surface area contributed by atoms with Gasteiger partial charge in [0.05, 0.1) is 0 Å². The molecule has 0 spiro atoms. The molecule has 88 valence electrons. The third-order valence-corrected chi connectivity index (χ3v) is 2.73. The van der Waals surface area contributed by atoms with Crippen molar-refractivity contribution in [1.29, 1.82) is 0 Å². The first-order chi connectivity index (χ1) is 8.01. The summed E-state index contributed by atoms with van der Waals surface area (Å²) < 4.78 is 5.12. The molecule has 1 aliphatic rings. The standard InChI is InChI=1S/C14H15NO2/c1-10(2)12-15-14(3,13(16)17-12)9-11-7-5-4-6-8-11/h4-8H,1,9H2,2-3H3/t14-/m1/s1. The minimum atomic E-state index is -0.824. The number of nitrogens with zero attached hydrogens (tertiary/aromatic N) is 1. The molecule has 0 saturated carbocycles. The lowest BCUT2D eigenvalue weighted by atomic mass is 9.94. The maximum absolute atomic E-state index is 11.8. The Morgan fingerprint density at radius 2 is 2.06 bits per heavy atom. The van der Waals surface area contributed by atoms with Crippen molar-refractivity contribution in [2.45, 2.75) is 25.8 Å². The summed E-state index contributed by atoms with van der Waals surface area (Å²) >= 11 is 0. The Morgan fingerprint density at radius 3 is 2.59 bits per heavy atom. The Bertz CT molecular complexity index is 490. The summed E-state index contributed by atoms with van der Waals surface area (Å²) in [4.78, 5) is 16.2. The lowest BCUT2D eigenvalue weighted by molar-refractivity contribution is -0.138. The molecule has 0 bridgehead atoms. The molecule has 0 amide bonds. The minimum absolute atomic E-state index is 0.306. The van der Waals surface area contributed by atoms with E-state index in [0.717, 1.165) is 5.56 Å². The number of hydrogen-bond acceptors (Lipinski definition) is 3. The first-order valence-electron chi connectivity index (χ1n) is 5.53. The molecule has 17 heavy (non-hydrogen) atoms. The molecule has 0 N–H and O–H groups in total. The number of benzene rings is 1. The van der Waals surface area contributed by atoms with Gasteiger partial charge in [0.1, 0.15) is 0 Å². The van der Waals surface area contributed by atoms with E-state index in [2.05, 4.69) is 11.6 Å². The zero-order chi connectivity index (χ0) is 12.5. The molecular formula is C14H15NO2. The highest BCUT2D eigenvalue weighted by Crippen LogP contribution is 2.26. The van der Waals surface area contributed by atoms with E-state index in [1.54, 1.807) is 13.8 Å². The quantitative estimate of drug-likeness (QED) is 0.747. The summed E-state index contributed by atoms with van der Waals surface area (Å²) in [5.41, 5.74) is 0.920. The number of rotatable bonds is 3. The van der Waals surface area contributed by atoms with Crippen LogP contribution < -0.4 is 0 Å². The molecule has 3 nitrogen and oxygen atoms in total. The van der Waals surface area contributed by atoms with Crippen LogP contribution in [0.3, 0.4) is 0 Å². The molecule has 0 aliphatic carbocycles. The molecule has 1 aliphatic heterocycles. The van der Waals surface area contributed by atoms with Crippen LogP contribution in [0.25, 0.3) is 0 Å². The summed E-state index contributed by atoms with van der Waals surface area (Å²) in [6, 6.07) is 9.80. The van der Waals surface area contributed by atoms with Crippen LogP contribution in [0.5, 0.6) is 0 Å². The fraction of sp³-hybridized carbons (Fsp3) is 0.286. The van der Waals surface area contributed by atoms with E-state index in [1.807, 2.05) is 30.3 Å². The van der Waals surface area contributed by atoms with Gasteiger partial charge in [-0.05, 0) is 19.4 Å². The number of aliphatic imine (C=N–C) groups is 1. The molecule has 2 rings (SSSR count). The smallest absolute Gasteiger partial charge is 0.340 e. The molecule has 0 fully saturated rings. The van der Waals surface area contributed by atoms with Gasteiger partial charge in [0.15, 0.2) is 5.54 Å². The van der Waals surface area contributed by atoms with Gasteiger partial charge in [0.25, 0.3) is 0 Å². The van der Waals surface area contributed by atoms with Crippen molar-refractivity contribution in [2.75, 3.05) is 0 Å². The highest BCUT2D eigenvalue weighted by atomic mass is 16.6. The van der Waals surface area contributed by atoms with E-state index >= 15 is 0 Å². The van der Waals surface area contributed by atoms with Crippen LogP contribution in [0.1, 0.15) is 19.4 Å². The number of ether oxygens (including phenoxy) is 1. The summed E-state index contributed by atoms with van der Waals surface area (Å²) in [7, 11) is 0. The summed E-state index contributed by atoms with van der Waals surface area (Å²) in [6.07, 6.45) is 0.545. The zero-order valence-electron chi connectivity index (χ0n) is 10.1. The van der Waals surface area contributed by atoms with E-state index in [1.165, 1.54) is 0 Å². The van der Waals surface area contributed by atoms with Crippen LogP contribution >= 0.6 is 0 Å². The van der Waals surface area contributed by atoms with Crippen LogP contribution in [-0.2, 0) is 16.0 Å². The lowest BCUT2D eigenvalue weighted by Gasteiger charge is -2.15. The van der Waals surface area contributed by atoms with Crippen molar-refractivity contribution in [3.63, 3.8) is 0 Å². The Kier molecular flexibility index (Phi) is 2.84. The second-order valence-corrected chi connectivity index (χ2v) is 4.52. The molecular weight excluding hydrogens is 214 g/mol. The average Bonchev–Trinajstić information content (AvgIpc) is 2.57. The van der Waals surface area contributed by atoms with Crippen LogP contribution in [-0.4, -0.2) is 17.4 Å². The van der Waals surface area contributed by atoms with E-state index in [-0.39, 0.29) is 5.97 Å². The highest BCUT2D eigenvalue weighted by Gasteiger charge is 2.41. The number of cyclic esters (lactones) is 1. The fourth-order valence-corrected chi connectivity index (χ4v) is 1.78. The van der Waals surface area contributed by atoms with Crippen LogP contribution in [0.4, 0.5) is 0 Å². The third kappa shape index (κ3) is 2.28. The van der Waals surface area contributed by atoms with Gasteiger partial charge in [-0.15, -0.1) is 0 Å². The van der Waals surface area contributed by atoms with Crippen molar-refractivity contribution in [2.24, 2.45) is 4.99 Å². The van der Waals surface area contributed by atoms with Crippen molar-refractivity contribution in [1.82, 2.24) is 0 Å². The molecule has 1 aromatic carbocycles. The Morgan fingerprint density at radius 1 is 1.41 bits per heavy atom. The fourth-order valence-electron chi connectivity index (χ4n) is 1.78. The first kappa shape index (κ1) is 11.6. The van der Waals surface area contributed by atoms with Gasteiger partial charge in [-0.3, -0.25) is 0 Å². The lowest BCUT2D eigenvalue weighted by Crippen LogP contribution is -2.32. The summed E-state index contributed by atoms with van der Waals surface area (Å²) in [5, 5.41) is 0.